The second-order valence-corrected chi connectivity index (χ2v) is 6.75. The fourth-order valence-corrected chi connectivity index (χ4v) is 3.02. The zero-order valence-corrected chi connectivity index (χ0v) is 15.7. The van der Waals surface area contributed by atoms with E-state index in [0.29, 0.717) is 38.2 Å². The van der Waals surface area contributed by atoms with E-state index in [-0.39, 0.29) is 0 Å². The molecule has 1 aromatic carbocycles. The molecule has 0 saturated heterocycles. The number of hydrogen-bond donors (Lipinski definition) is 2. The van der Waals surface area contributed by atoms with Crippen molar-refractivity contribution in [3.05, 3.63) is 75.7 Å². The zero-order chi connectivity index (χ0) is 19.7. The molecule has 0 saturated carbocycles. The number of benzene rings is 1. The lowest BCUT2D eigenvalue weighted by atomic mass is 10.0. The maximum absolute atomic E-state index is 12.0. The van der Waals surface area contributed by atoms with Crippen molar-refractivity contribution >= 4 is 39.9 Å². The van der Waals surface area contributed by atoms with E-state index >= 15 is 0 Å². The monoisotopic (exact) mass is 438 g/mol. The number of amides is 3. The van der Waals surface area contributed by atoms with Crippen LogP contribution in [0.1, 0.15) is 36.8 Å². The van der Waals surface area contributed by atoms with Crippen LogP contribution in [0.5, 0.6) is 0 Å². The van der Waals surface area contributed by atoms with Crippen LogP contribution in [0.25, 0.3) is 11.3 Å². The summed E-state index contributed by atoms with van der Waals surface area (Å²) in [5, 5.41) is 6.11. The summed E-state index contributed by atoms with van der Waals surface area (Å²) in [5.41, 5.74) is 4.04. The van der Waals surface area contributed by atoms with E-state index in [1.54, 1.807) is 42.6 Å². The minimum absolute atomic E-state index is 0.309. The number of rotatable bonds is 4. The molecule has 9 heteroatoms. The van der Waals surface area contributed by atoms with Crippen molar-refractivity contribution in [3.8, 4) is 11.3 Å². The molecule has 1 aliphatic rings. The Kier molecular flexibility index (Phi) is 4.58. The van der Waals surface area contributed by atoms with E-state index in [9.17, 15) is 14.4 Å². The average molecular weight is 439 g/mol. The molecule has 4 rings (SSSR count). The van der Waals surface area contributed by atoms with Crippen molar-refractivity contribution in [3.63, 3.8) is 0 Å². The number of carbonyl (C=O) groups is 3. The number of halogens is 1. The molecular formula is C19H11BrN4O4. The molecule has 8 nitrogen and oxygen atoms in total. The number of imide groups is 1. The van der Waals surface area contributed by atoms with Crippen LogP contribution >= 0.6 is 15.9 Å². The van der Waals surface area contributed by atoms with Gasteiger partial charge in [0.2, 0.25) is 0 Å². The summed E-state index contributed by atoms with van der Waals surface area (Å²) < 4.78 is 6.35. The first-order valence-electron chi connectivity index (χ1n) is 8.05. The van der Waals surface area contributed by atoms with Crippen LogP contribution in [-0.2, 0) is 0 Å². The second-order valence-electron chi connectivity index (χ2n) is 5.84. The molecule has 0 unspecified atom stereocenters. The Labute approximate surface area is 166 Å². The van der Waals surface area contributed by atoms with E-state index in [2.05, 4.69) is 36.8 Å². The van der Waals surface area contributed by atoms with E-state index in [0.717, 1.165) is 0 Å². The Bertz CT molecular complexity index is 1150. The van der Waals surface area contributed by atoms with E-state index in [1.807, 2.05) is 0 Å². The highest BCUT2D eigenvalue weighted by molar-refractivity contribution is 9.10. The molecule has 3 heterocycles. The largest absolute Gasteiger partial charge is 0.455 e. The summed E-state index contributed by atoms with van der Waals surface area (Å²) in [6, 6.07) is 9.86. The predicted molar refractivity (Wildman–Crippen MR) is 103 cm³/mol. The van der Waals surface area contributed by atoms with Crippen LogP contribution in [0.15, 0.2) is 62.8 Å². The summed E-state index contributed by atoms with van der Waals surface area (Å²) in [4.78, 5) is 39.3. The Morgan fingerprint density at radius 2 is 1.93 bits per heavy atom. The summed E-state index contributed by atoms with van der Waals surface area (Å²) in [7, 11) is 0. The Morgan fingerprint density at radius 3 is 2.75 bits per heavy atom. The van der Waals surface area contributed by atoms with E-state index in [4.69, 9.17) is 4.42 Å². The van der Waals surface area contributed by atoms with Crippen molar-refractivity contribution in [2.45, 2.75) is 0 Å². The number of carbonyl (C=O) groups excluding carboxylic acids is 3. The number of nitrogens with one attached hydrogen (secondary N) is 2. The van der Waals surface area contributed by atoms with Crippen molar-refractivity contribution in [1.29, 1.82) is 0 Å². The van der Waals surface area contributed by atoms with Gasteiger partial charge in [-0.3, -0.25) is 24.7 Å². The maximum atomic E-state index is 12.0. The van der Waals surface area contributed by atoms with Gasteiger partial charge in [-0.1, -0.05) is 6.07 Å². The van der Waals surface area contributed by atoms with Crippen LogP contribution in [-0.4, -0.2) is 28.9 Å². The molecule has 0 fully saturated rings. The summed E-state index contributed by atoms with van der Waals surface area (Å²) >= 11 is 3.25. The Hall–Kier alpha value is -3.59. The fourth-order valence-electron chi connectivity index (χ4n) is 2.65. The first-order valence-corrected chi connectivity index (χ1v) is 8.84. The van der Waals surface area contributed by atoms with Gasteiger partial charge in [0.15, 0.2) is 0 Å². The average Bonchev–Trinajstić information content (AvgIpc) is 3.26. The number of hydrogen-bond acceptors (Lipinski definition) is 6. The highest BCUT2D eigenvalue weighted by atomic mass is 79.9. The number of furan rings is 1. The summed E-state index contributed by atoms with van der Waals surface area (Å²) in [6.07, 6.45) is 4.36. The molecule has 138 valence electrons. The van der Waals surface area contributed by atoms with Gasteiger partial charge in [0.25, 0.3) is 17.7 Å². The lowest BCUT2D eigenvalue weighted by Gasteiger charge is -2.00. The third-order valence-corrected chi connectivity index (χ3v) is 4.41. The van der Waals surface area contributed by atoms with Crippen molar-refractivity contribution in [2.75, 3.05) is 0 Å². The van der Waals surface area contributed by atoms with Gasteiger partial charge in [0, 0.05) is 22.4 Å². The molecule has 1 aliphatic heterocycles. The van der Waals surface area contributed by atoms with Gasteiger partial charge >= 0.3 is 0 Å². The summed E-state index contributed by atoms with van der Waals surface area (Å²) in [6.45, 7) is 0. The predicted octanol–water partition coefficient (Wildman–Crippen LogP) is 2.75. The number of aromatic nitrogens is 1. The molecule has 0 radical (unpaired) electrons. The van der Waals surface area contributed by atoms with Gasteiger partial charge in [-0.25, -0.2) is 5.43 Å². The Morgan fingerprint density at radius 1 is 1.11 bits per heavy atom. The van der Waals surface area contributed by atoms with Crippen LogP contribution in [0.2, 0.25) is 0 Å². The van der Waals surface area contributed by atoms with Gasteiger partial charge in [-0.05, 0) is 46.3 Å². The van der Waals surface area contributed by atoms with Gasteiger partial charge in [0.05, 0.1) is 22.9 Å². The molecule has 0 atom stereocenters. The molecule has 2 aromatic heterocycles. The maximum Gasteiger partial charge on any atom is 0.272 e. The lowest BCUT2D eigenvalue weighted by Crippen LogP contribution is -2.19. The lowest BCUT2D eigenvalue weighted by molar-refractivity contribution is 0.0878. The minimum atomic E-state index is -0.431. The molecule has 3 amide bonds. The molecule has 28 heavy (non-hydrogen) atoms. The van der Waals surface area contributed by atoms with Crippen LogP contribution in [0.4, 0.5) is 0 Å². The molecule has 2 N–H and O–H groups in total. The number of nitrogens with zero attached hydrogens (tertiary/aromatic N) is 2. The third-order valence-electron chi connectivity index (χ3n) is 3.97. The third kappa shape index (κ3) is 3.47. The van der Waals surface area contributed by atoms with Gasteiger partial charge in [0.1, 0.15) is 11.5 Å². The highest BCUT2D eigenvalue weighted by Crippen LogP contribution is 2.26. The van der Waals surface area contributed by atoms with Crippen molar-refractivity contribution < 1.29 is 18.8 Å². The number of fused-ring (bicyclic) bond motifs is 1. The summed E-state index contributed by atoms with van der Waals surface area (Å²) in [5.74, 6) is -0.344. The normalized spacial score (nSPS) is 12.9. The Balaban J connectivity index is 1.47. The molecular weight excluding hydrogens is 428 g/mol. The van der Waals surface area contributed by atoms with Crippen molar-refractivity contribution in [1.82, 2.24) is 15.7 Å². The van der Waals surface area contributed by atoms with Crippen LogP contribution in [0, 0.1) is 0 Å². The first kappa shape index (κ1) is 17.8. The fraction of sp³-hybridized carbons (Fsp3) is 0. The highest BCUT2D eigenvalue weighted by Gasteiger charge is 2.27. The topological polar surface area (TPSA) is 114 Å². The van der Waals surface area contributed by atoms with Crippen LogP contribution in [0.3, 0.4) is 0 Å². The quantitative estimate of drug-likeness (QED) is 0.369. The zero-order valence-electron chi connectivity index (χ0n) is 14.1. The van der Waals surface area contributed by atoms with Crippen LogP contribution < -0.4 is 10.7 Å². The molecule has 0 aliphatic carbocycles. The number of pyridine rings is 1. The standard InChI is InChI=1S/C19H11BrN4O4/c20-12-5-11(7-21-8-12)17(25)24-22-9-13-2-4-16(28-13)10-1-3-14-15(6-10)19(27)23-18(14)26/h1-9H,(H,24,25)(H,23,26,27). The van der Waals surface area contributed by atoms with Gasteiger partial charge in [-0.2, -0.15) is 5.10 Å². The minimum Gasteiger partial charge on any atom is -0.455 e. The van der Waals surface area contributed by atoms with E-state index in [1.165, 1.54) is 12.4 Å². The second kappa shape index (κ2) is 7.20. The van der Waals surface area contributed by atoms with E-state index < -0.39 is 17.7 Å². The van der Waals surface area contributed by atoms with Gasteiger partial charge in [-0.15, -0.1) is 0 Å². The van der Waals surface area contributed by atoms with Crippen molar-refractivity contribution in [2.24, 2.45) is 5.10 Å². The SMILES string of the molecule is O=C(NN=Cc1ccc(-c2ccc3c(c2)C(=O)NC3=O)o1)c1cncc(Br)c1. The smallest absolute Gasteiger partial charge is 0.272 e. The molecule has 0 spiro atoms. The molecule has 3 aromatic rings. The number of hydrazone groups is 1. The van der Waals surface area contributed by atoms with Gasteiger partial charge < -0.3 is 4.42 Å². The first-order chi connectivity index (χ1) is 13.5. The molecule has 0 bridgehead atoms.